The highest BCUT2D eigenvalue weighted by atomic mass is 32.2. The molecule has 0 bridgehead atoms. The van der Waals surface area contributed by atoms with Gasteiger partial charge in [-0.3, -0.25) is 4.79 Å². The average molecular weight is 195 g/mol. The molecule has 0 aliphatic carbocycles. The van der Waals surface area contributed by atoms with Gasteiger partial charge in [-0.1, -0.05) is 0 Å². The summed E-state index contributed by atoms with van der Waals surface area (Å²) in [4.78, 5) is 10.4. The summed E-state index contributed by atoms with van der Waals surface area (Å²) < 4.78 is 21.3. The Morgan fingerprint density at radius 2 is 2.08 bits per heavy atom. The molecule has 3 N–H and O–H groups in total. The maximum absolute atomic E-state index is 10.6. The number of rotatable bonds is 5. The molecule has 0 radical (unpaired) electrons. The maximum Gasteiger partial charge on any atom is 0.307 e. The van der Waals surface area contributed by atoms with Crippen LogP contribution in [0, 0.1) is 5.92 Å². The Morgan fingerprint density at radius 1 is 1.58 bits per heavy atom. The minimum atomic E-state index is -3.08. The Balaban J connectivity index is 3.98. The standard InChI is InChI=1S/C6H13NO4S/c1-12(10,11)3-2-5(4-7)6(8)9/h5H,2-4,7H2,1H3,(H,8,9). The SMILES string of the molecule is CS(=O)(=O)CCC(CN)C(=O)O. The number of hydrogen-bond acceptors (Lipinski definition) is 4. The zero-order valence-electron chi connectivity index (χ0n) is 6.86. The molecule has 0 aromatic heterocycles. The van der Waals surface area contributed by atoms with E-state index in [2.05, 4.69) is 0 Å². The fourth-order valence-electron chi connectivity index (χ4n) is 0.698. The largest absolute Gasteiger partial charge is 0.481 e. The first-order valence-corrected chi connectivity index (χ1v) is 5.53. The Hall–Kier alpha value is -0.620. The zero-order chi connectivity index (χ0) is 9.78. The van der Waals surface area contributed by atoms with Crippen molar-refractivity contribution in [1.82, 2.24) is 0 Å². The number of nitrogens with two attached hydrogens (primary N) is 1. The lowest BCUT2D eigenvalue weighted by Gasteiger charge is -2.07. The molecule has 0 aliphatic rings. The second kappa shape index (κ2) is 4.42. The van der Waals surface area contributed by atoms with Crippen molar-refractivity contribution in [2.45, 2.75) is 6.42 Å². The van der Waals surface area contributed by atoms with Gasteiger partial charge in [0.1, 0.15) is 9.84 Å². The third kappa shape index (κ3) is 5.09. The summed E-state index contributed by atoms with van der Waals surface area (Å²) in [6.45, 7) is -0.0230. The van der Waals surface area contributed by atoms with Crippen LogP contribution in [-0.4, -0.2) is 38.0 Å². The van der Waals surface area contributed by atoms with Crippen LogP contribution < -0.4 is 5.73 Å². The van der Waals surface area contributed by atoms with Gasteiger partial charge in [-0.25, -0.2) is 8.42 Å². The quantitative estimate of drug-likeness (QED) is 0.591. The van der Waals surface area contributed by atoms with E-state index in [0.717, 1.165) is 6.26 Å². The molecule has 0 fully saturated rings. The van der Waals surface area contributed by atoms with Crippen molar-refractivity contribution >= 4 is 15.8 Å². The molecule has 0 spiro atoms. The van der Waals surface area contributed by atoms with Crippen molar-refractivity contribution in [2.24, 2.45) is 11.7 Å². The third-order valence-electron chi connectivity index (χ3n) is 1.47. The van der Waals surface area contributed by atoms with Crippen molar-refractivity contribution < 1.29 is 18.3 Å². The summed E-state index contributed by atoms with van der Waals surface area (Å²) in [7, 11) is -3.08. The number of carbonyl (C=O) groups is 1. The van der Waals surface area contributed by atoms with E-state index in [4.69, 9.17) is 10.8 Å². The van der Waals surface area contributed by atoms with Crippen LogP contribution >= 0.6 is 0 Å². The third-order valence-corrected chi connectivity index (χ3v) is 2.45. The predicted octanol–water partition coefficient (Wildman–Crippen LogP) is -0.919. The molecule has 0 rings (SSSR count). The fraction of sp³-hybridized carbons (Fsp3) is 0.833. The second-order valence-electron chi connectivity index (χ2n) is 2.69. The first-order chi connectivity index (χ1) is 5.37. The molecule has 0 heterocycles. The monoisotopic (exact) mass is 195 g/mol. The number of sulfone groups is 1. The Bertz CT molecular complexity index is 246. The highest BCUT2D eigenvalue weighted by Gasteiger charge is 2.17. The van der Waals surface area contributed by atoms with E-state index in [-0.39, 0.29) is 18.7 Å². The Kier molecular flexibility index (Phi) is 4.19. The molecule has 0 amide bonds. The Labute approximate surface area is 71.5 Å². The van der Waals surface area contributed by atoms with E-state index in [9.17, 15) is 13.2 Å². The van der Waals surface area contributed by atoms with Gasteiger partial charge in [-0.15, -0.1) is 0 Å². The minimum absolute atomic E-state index is 0.0230. The van der Waals surface area contributed by atoms with Crippen LogP contribution in [0.4, 0.5) is 0 Å². The van der Waals surface area contributed by atoms with Gasteiger partial charge in [-0.05, 0) is 6.42 Å². The first kappa shape index (κ1) is 11.4. The Morgan fingerprint density at radius 3 is 2.33 bits per heavy atom. The summed E-state index contributed by atoms with van der Waals surface area (Å²) >= 11 is 0. The van der Waals surface area contributed by atoms with Gasteiger partial charge in [-0.2, -0.15) is 0 Å². The molecule has 12 heavy (non-hydrogen) atoms. The smallest absolute Gasteiger partial charge is 0.307 e. The molecule has 1 unspecified atom stereocenters. The van der Waals surface area contributed by atoms with Gasteiger partial charge in [0.2, 0.25) is 0 Å². The van der Waals surface area contributed by atoms with Gasteiger partial charge >= 0.3 is 5.97 Å². The van der Waals surface area contributed by atoms with Gasteiger partial charge in [0.05, 0.1) is 11.7 Å². The number of hydrogen-bond donors (Lipinski definition) is 2. The second-order valence-corrected chi connectivity index (χ2v) is 4.95. The molecular formula is C6H13NO4S. The van der Waals surface area contributed by atoms with E-state index in [1.807, 2.05) is 0 Å². The zero-order valence-corrected chi connectivity index (χ0v) is 7.67. The highest BCUT2D eigenvalue weighted by molar-refractivity contribution is 7.90. The van der Waals surface area contributed by atoms with E-state index < -0.39 is 21.7 Å². The van der Waals surface area contributed by atoms with Crippen LogP contribution in [0.15, 0.2) is 0 Å². The van der Waals surface area contributed by atoms with Gasteiger partial charge in [0.25, 0.3) is 0 Å². The predicted molar refractivity (Wildman–Crippen MR) is 44.5 cm³/mol. The van der Waals surface area contributed by atoms with Crippen molar-refractivity contribution in [3.8, 4) is 0 Å². The van der Waals surface area contributed by atoms with Crippen molar-refractivity contribution in [1.29, 1.82) is 0 Å². The van der Waals surface area contributed by atoms with Crippen molar-refractivity contribution in [2.75, 3.05) is 18.6 Å². The van der Waals surface area contributed by atoms with Crippen LogP contribution in [0.1, 0.15) is 6.42 Å². The van der Waals surface area contributed by atoms with Crippen LogP contribution in [0.2, 0.25) is 0 Å². The van der Waals surface area contributed by atoms with Crippen LogP contribution in [0.5, 0.6) is 0 Å². The number of carboxylic acids is 1. The molecule has 72 valence electrons. The molecule has 0 aromatic carbocycles. The lowest BCUT2D eigenvalue weighted by molar-refractivity contribution is -0.141. The van der Waals surface area contributed by atoms with E-state index in [1.165, 1.54) is 0 Å². The number of aliphatic carboxylic acids is 1. The molecule has 6 heteroatoms. The van der Waals surface area contributed by atoms with Crippen LogP contribution in [0.3, 0.4) is 0 Å². The summed E-state index contributed by atoms with van der Waals surface area (Å²) in [6, 6.07) is 0. The van der Waals surface area contributed by atoms with Crippen molar-refractivity contribution in [3.63, 3.8) is 0 Å². The van der Waals surface area contributed by atoms with E-state index >= 15 is 0 Å². The lowest BCUT2D eigenvalue weighted by atomic mass is 10.1. The fourth-order valence-corrected chi connectivity index (χ4v) is 1.41. The van der Waals surface area contributed by atoms with E-state index in [1.54, 1.807) is 0 Å². The van der Waals surface area contributed by atoms with Gasteiger partial charge < -0.3 is 10.8 Å². The molecule has 0 saturated carbocycles. The molecule has 0 aliphatic heterocycles. The molecule has 5 nitrogen and oxygen atoms in total. The first-order valence-electron chi connectivity index (χ1n) is 3.47. The highest BCUT2D eigenvalue weighted by Crippen LogP contribution is 2.03. The van der Waals surface area contributed by atoms with Crippen molar-refractivity contribution in [3.05, 3.63) is 0 Å². The average Bonchev–Trinajstić information content (AvgIpc) is 1.85. The lowest BCUT2D eigenvalue weighted by Crippen LogP contribution is -2.25. The normalized spacial score (nSPS) is 14.2. The van der Waals surface area contributed by atoms with Crippen LogP contribution in [-0.2, 0) is 14.6 Å². The summed E-state index contributed by atoms with van der Waals surface area (Å²) in [5.74, 6) is -1.91. The maximum atomic E-state index is 10.6. The summed E-state index contributed by atoms with van der Waals surface area (Å²) in [6.07, 6.45) is 1.16. The van der Waals surface area contributed by atoms with Gasteiger partial charge in [0, 0.05) is 12.8 Å². The molecular weight excluding hydrogens is 182 g/mol. The molecule has 0 saturated heterocycles. The number of carboxylic acid groups (broad SMARTS) is 1. The summed E-state index contributed by atoms with van der Waals surface area (Å²) in [5, 5.41) is 8.50. The molecule has 0 aromatic rings. The van der Waals surface area contributed by atoms with E-state index in [0.29, 0.717) is 0 Å². The topological polar surface area (TPSA) is 97.5 Å². The van der Waals surface area contributed by atoms with Gasteiger partial charge in [0.15, 0.2) is 0 Å². The summed E-state index contributed by atoms with van der Waals surface area (Å²) in [5.41, 5.74) is 5.13. The van der Waals surface area contributed by atoms with Crippen LogP contribution in [0.25, 0.3) is 0 Å². The minimum Gasteiger partial charge on any atom is -0.481 e. The molecule has 1 atom stereocenters.